The molecule has 0 bridgehead atoms. The van der Waals surface area contributed by atoms with E-state index < -0.39 is 34.5 Å². The number of rotatable bonds is 3. The zero-order chi connectivity index (χ0) is 31.5. The second-order valence-electron chi connectivity index (χ2n) is 11.3. The van der Waals surface area contributed by atoms with E-state index in [0.717, 1.165) is 6.07 Å². The third kappa shape index (κ3) is 7.21. The molecule has 2 N–H and O–H groups in total. The Kier molecular flexibility index (Phi) is 9.93. The number of hydrogen-bond donors (Lipinski definition) is 1. The fourth-order valence-electron chi connectivity index (χ4n) is 4.69. The van der Waals surface area contributed by atoms with Gasteiger partial charge < -0.3 is 15.4 Å². The molecule has 1 fully saturated rings. The third-order valence-corrected chi connectivity index (χ3v) is 7.25. The Bertz CT molecular complexity index is 1490. The van der Waals surface area contributed by atoms with E-state index in [4.69, 9.17) is 22.1 Å². The van der Waals surface area contributed by atoms with Gasteiger partial charge in [-0.3, -0.25) is 0 Å². The first kappa shape index (κ1) is 32.9. The van der Waals surface area contributed by atoms with Crippen LogP contribution in [0, 0.1) is 18.3 Å². The van der Waals surface area contributed by atoms with Gasteiger partial charge in [0.15, 0.2) is 0 Å². The largest absolute Gasteiger partial charge is 0.444 e. The van der Waals surface area contributed by atoms with Gasteiger partial charge in [0.1, 0.15) is 23.2 Å². The zero-order valence-electron chi connectivity index (χ0n) is 24.7. The number of nitriles is 1. The van der Waals surface area contributed by atoms with Gasteiger partial charge in [-0.2, -0.15) is 18.4 Å². The van der Waals surface area contributed by atoms with E-state index in [1.165, 1.54) is 38.2 Å². The predicted molar refractivity (Wildman–Crippen MR) is 157 cm³/mol. The minimum atomic E-state index is -4.69. The Labute approximate surface area is 249 Å². The SMILES string of the molecule is CCCC.Cc1cc(N)nc(-c2cc3ncnc(C4(C#N)CCN(C(=O)OC(C)(C)C)CC4)c3cc2Cl)c1C(F)(F)F. The monoisotopic (exact) mass is 604 g/mol. The van der Waals surface area contributed by atoms with Crippen molar-refractivity contribution in [2.45, 2.75) is 84.4 Å². The van der Waals surface area contributed by atoms with Gasteiger partial charge >= 0.3 is 12.3 Å². The number of nitrogens with two attached hydrogens (primary N) is 1. The highest BCUT2D eigenvalue weighted by Gasteiger charge is 2.42. The lowest BCUT2D eigenvalue weighted by Gasteiger charge is -2.37. The number of piperidine rings is 1. The molecule has 0 radical (unpaired) electrons. The molecule has 0 saturated carbocycles. The Morgan fingerprint density at radius 3 is 2.29 bits per heavy atom. The molecule has 0 atom stereocenters. The molecule has 3 aromatic rings. The fourth-order valence-corrected chi connectivity index (χ4v) is 4.94. The lowest BCUT2D eigenvalue weighted by atomic mass is 9.75. The molecule has 1 aromatic carbocycles. The van der Waals surface area contributed by atoms with Gasteiger partial charge in [-0.15, -0.1) is 0 Å². The van der Waals surface area contributed by atoms with Crippen LogP contribution in [-0.2, 0) is 16.3 Å². The second-order valence-corrected chi connectivity index (χ2v) is 11.7. The minimum Gasteiger partial charge on any atom is -0.444 e. The highest BCUT2D eigenvalue weighted by Crippen LogP contribution is 2.44. The molecular weight excluding hydrogens is 569 g/mol. The smallest absolute Gasteiger partial charge is 0.418 e. The normalized spacial score (nSPS) is 15.0. The molecule has 226 valence electrons. The predicted octanol–water partition coefficient (Wildman–Crippen LogP) is 7.85. The lowest BCUT2D eigenvalue weighted by Crippen LogP contribution is -2.46. The van der Waals surface area contributed by atoms with Crippen molar-refractivity contribution < 1.29 is 22.7 Å². The lowest BCUT2D eigenvalue weighted by molar-refractivity contribution is -0.137. The summed E-state index contributed by atoms with van der Waals surface area (Å²) < 4.78 is 47.2. The van der Waals surface area contributed by atoms with Crippen molar-refractivity contribution in [3.63, 3.8) is 0 Å². The molecule has 1 saturated heterocycles. The number of nitrogens with zero attached hydrogens (tertiary/aromatic N) is 5. The van der Waals surface area contributed by atoms with E-state index in [-0.39, 0.29) is 47.9 Å². The summed E-state index contributed by atoms with van der Waals surface area (Å²) in [6.07, 6.45) is -0.695. The average Bonchev–Trinajstić information content (AvgIpc) is 2.90. The molecule has 3 heterocycles. The first-order valence-electron chi connectivity index (χ1n) is 13.8. The van der Waals surface area contributed by atoms with Crippen LogP contribution in [0.3, 0.4) is 0 Å². The molecule has 2 aromatic heterocycles. The number of nitrogen functional groups attached to an aromatic ring is 1. The average molecular weight is 605 g/mol. The van der Waals surface area contributed by atoms with E-state index in [9.17, 15) is 23.2 Å². The van der Waals surface area contributed by atoms with Gasteiger partial charge in [0.05, 0.1) is 33.6 Å². The molecule has 8 nitrogen and oxygen atoms in total. The number of carbonyl (C=O) groups excluding carboxylic acids is 1. The number of carbonyl (C=O) groups is 1. The number of benzene rings is 1. The van der Waals surface area contributed by atoms with Gasteiger partial charge in [0.2, 0.25) is 0 Å². The van der Waals surface area contributed by atoms with E-state index in [1.54, 1.807) is 25.7 Å². The van der Waals surface area contributed by atoms with Crippen LogP contribution in [-0.4, -0.2) is 44.6 Å². The molecule has 4 rings (SSSR count). The number of aryl methyl sites for hydroxylation is 1. The molecule has 1 aliphatic rings. The zero-order valence-corrected chi connectivity index (χ0v) is 25.4. The molecule has 0 spiro atoms. The fraction of sp³-hybridized carbons (Fsp3) is 0.500. The number of amides is 1. The van der Waals surface area contributed by atoms with Crippen LogP contribution < -0.4 is 5.73 Å². The van der Waals surface area contributed by atoms with Crippen LogP contribution in [0.4, 0.5) is 23.8 Å². The maximum absolute atomic E-state index is 13.9. The van der Waals surface area contributed by atoms with Crippen molar-refractivity contribution in [1.82, 2.24) is 19.9 Å². The number of halogens is 4. The number of fused-ring (bicyclic) bond motifs is 1. The summed E-state index contributed by atoms with van der Waals surface area (Å²) in [4.78, 5) is 26.6. The number of aromatic nitrogens is 3. The van der Waals surface area contributed by atoms with Crippen LogP contribution in [0.5, 0.6) is 0 Å². The van der Waals surface area contributed by atoms with E-state index in [1.807, 2.05) is 0 Å². The number of unbranched alkanes of at least 4 members (excludes halogenated alkanes) is 1. The van der Waals surface area contributed by atoms with E-state index in [2.05, 4.69) is 34.9 Å². The molecule has 42 heavy (non-hydrogen) atoms. The van der Waals surface area contributed by atoms with Crippen molar-refractivity contribution in [1.29, 1.82) is 5.26 Å². The highest BCUT2D eigenvalue weighted by molar-refractivity contribution is 6.34. The number of ether oxygens (including phenoxy) is 1. The summed E-state index contributed by atoms with van der Waals surface area (Å²) in [6, 6.07) is 6.37. The highest BCUT2D eigenvalue weighted by atomic mass is 35.5. The number of alkyl halides is 3. The van der Waals surface area contributed by atoms with Gasteiger partial charge in [-0.1, -0.05) is 38.3 Å². The van der Waals surface area contributed by atoms with Crippen LogP contribution >= 0.6 is 11.6 Å². The first-order chi connectivity index (χ1) is 19.6. The number of hydrogen-bond acceptors (Lipinski definition) is 7. The number of anilines is 1. The number of pyridine rings is 1. The molecule has 12 heteroatoms. The van der Waals surface area contributed by atoms with Crippen LogP contribution in [0.1, 0.15) is 77.1 Å². The second kappa shape index (κ2) is 12.7. The maximum atomic E-state index is 13.9. The summed E-state index contributed by atoms with van der Waals surface area (Å²) in [5.41, 5.74) is 3.35. The minimum absolute atomic E-state index is 0.0114. The maximum Gasteiger partial charge on any atom is 0.418 e. The Hall–Kier alpha value is -3.65. The van der Waals surface area contributed by atoms with Crippen molar-refractivity contribution in [3.8, 4) is 17.3 Å². The summed E-state index contributed by atoms with van der Waals surface area (Å²) >= 11 is 6.53. The third-order valence-electron chi connectivity index (χ3n) is 6.94. The van der Waals surface area contributed by atoms with Crippen LogP contribution in [0.2, 0.25) is 5.02 Å². The Morgan fingerprint density at radius 2 is 1.76 bits per heavy atom. The van der Waals surface area contributed by atoms with Gasteiger partial charge in [0, 0.05) is 24.0 Å². The molecule has 0 unspecified atom stereocenters. The Morgan fingerprint density at radius 1 is 1.14 bits per heavy atom. The van der Waals surface area contributed by atoms with E-state index >= 15 is 0 Å². The summed E-state index contributed by atoms with van der Waals surface area (Å²) in [5, 5.41) is 10.6. The van der Waals surface area contributed by atoms with Crippen molar-refractivity contribution in [2.75, 3.05) is 18.8 Å². The van der Waals surface area contributed by atoms with Gasteiger partial charge in [-0.05, 0) is 64.3 Å². The van der Waals surface area contributed by atoms with Gasteiger partial charge in [0.25, 0.3) is 0 Å². The van der Waals surface area contributed by atoms with Crippen molar-refractivity contribution >= 4 is 34.4 Å². The molecular formula is C30H36ClF3N6O2. The topological polar surface area (TPSA) is 118 Å². The van der Waals surface area contributed by atoms with E-state index in [0.29, 0.717) is 16.6 Å². The Balaban J connectivity index is 0.00000114. The summed E-state index contributed by atoms with van der Waals surface area (Å²) in [5.74, 6) is -0.0785. The molecule has 0 aliphatic carbocycles. The molecule has 1 aliphatic heterocycles. The van der Waals surface area contributed by atoms with Crippen LogP contribution in [0.25, 0.3) is 22.2 Å². The van der Waals surface area contributed by atoms with Crippen molar-refractivity contribution in [3.05, 3.63) is 46.4 Å². The van der Waals surface area contributed by atoms with Gasteiger partial charge in [-0.25, -0.2) is 19.7 Å². The van der Waals surface area contributed by atoms with Crippen molar-refractivity contribution in [2.24, 2.45) is 0 Å². The summed E-state index contributed by atoms with van der Waals surface area (Å²) in [6.45, 7) is 11.5. The molecule has 1 amide bonds. The standard InChI is InChI=1S/C26H26ClF3N6O2.C4H10/c1-14-9-19(32)35-21(20(14)26(28,29)30)15-11-18-16(10-17(15)27)22(34-13-33-18)25(12-31)5-7-36(8-6-25)23(37)38-24(2,3)4;1-3-4-2/h9-11,13H,5-8H2,1-4H3,(H2,32,35);3-4H2,1-2H3. The van der Waals surface area contributed by atoms with Crippen LogP contribution in [0.15, 0.2) is 24.5 Å². The quantitative estimate of drug-likeness (QED) is 0.323. The summed E-state index contributed by atoms with van der Waals surface area (Å²) in [7, 11) is 0. The number of likely N-dealkylation sites (tertiary alicyclic amines) is 1. The first-order valence-corrected chi connectivity index (χ1v) is 14.1.